The van der Waals surface area contributed by atoms with Crippen molar-refractivity contribution in [2.75, 3.05) is 0 Å². The van der Waals surface area contributed by atoms with Crippen molar-refractivity contribution in [1.82, 2.24) is 4.98 Å². The summed E-state index contributed by atoms with van der Waals surface area (Å²) in [5.74, 6) is 0. The van der Waals surface area contributed by atoms with Crippen molar-refractivity contribution < 1.29 is 0 Å². The van der Waals surface area contributed by atoms with Crippen LogP contribution < -0.4 is 0 Å². The van der Waals surface area contributed by atoms with Crippen LogP contribution in [0.5, 0.6) is 0 Å². The second-order valence-corrected chi connectivity index (χ2v) is 8.10. The fraction of sp³-hybridized carbons (Fsp3) is 0. The van der Waals surface area contributed by atoms with Gasteiger partial charge in [-0.25, -0.2) is 4.98 Å². The van der Waals surface area contributed by atoms with E-state index in [0.29, 0.717) is 20.6 Å². The molecule has 6 heteroatoms. The van der Waals surface area contributed by atoms with Gasteiger partial charge in [0.05, 0.1) is 26.3 Å². The lowest BCUT2D eigenvalue weighted by Crippen LogP contribution is -1.87. The van der Waals surface area contributed by atoms with Gasteiger partial charge in [-0.2, -0.15) is 5.26 Å². The summed E-state index contributed by atoms with van der Waals surface area (Å²) in [4.78, 5) is 4.74. The largest absolute Gasteiger partial charge is 0.236 e. The average molecular weight is 442 g/mol. The van der Waals surface area contributed by atoms with Gasteiger partial charge in [0.1, 0.15) is 11.1 Å². The molecule has 4 rings (SSSR count). The standard InChI is InChI=1S/C22H11Cl3N2S/c23-18-6-2-5-16(17(18)11-26)13-3-1-4-15(9-13)22-27-21(12-28-22)14-7-8-19(24)20(25)10-14/h1-10,12H. The predicted molar refractivity (Wildman–Crippen MR) is 118 cm³/mol. The number of halogens is 3. The van der Waals surface area contributed by atoms with E-state index in [-0.39, 0.29) is 0 Å². The van der Waals surface area contributed by atoms with Gasteiger partial charge in [0, 0.05) is 22.1 Å². The molecule has 0 fully saturated rings. The molecule has 28 heavy (non-hydrogen) atoms. The first-order valence-electron chi connectivity index (χ1n) is 8.27. The highest BCUT2D eigenvalue weighted by molar-refractivity contribution is 7.13. The molecular weight excluding hydrogens is 431 g/mol. The Balaban J connectivity index is 1.73. The Morgan fingerprint density at radius 2 is 1.57 bits per heavy atom. The van der Waals surface area contributed by atoms with E-state index in [9.17, 15) is 5.26 Å². The zero-order valence-electron chi connectivity index (χ0n) is 14.3. The van der Waals surface area contributed by atoms with Crippen molar-refractivity contribution in [3.63, 3.8) is 0 Å². The van der Waals surface area contributed by atoms with Gasteiger partial charge in [0.25, 0.3) is 0 Å². The van der Waals surface area contributed by atoms with Crippen LogP contribution in [0.4, 0.5) is 0 Å². The third-order valence-electron chi connectivity index (χ3n) is 4.27. The second-order valence-electron chi connectivity index (χ2n) is 6.02. The molecule has 0 saturated carbocycles. The first kappa shape index (κ1) is 19.0. The molecule has 0 radical (unpaired) electrons. The lowest BCUT2D eigenvalue weighted by Gasteiger charge is -2.07. The van der Waals surface area contributed by atoms with Gasteiger partial charge in [-0.1, -0.05) is 71.2 Å². The van der Waals surface area contributed by atoms with Crippen LogP contribution in [0.1, 0.15) is 5.56 Å². The summed E-state index contributed by atoms with van der Waals surface area (Å²) in [7, 11) is 0. The summed E-state index contributed by atoms with van der Waals surface area (Å²) >= 11 is 19.8. The smallest absolute Gasteiger partial charge is 0.124 e. The number of thiazole rings is 1. The topological polar surface area (TPSA) is 36.7 Å². The molecular formula is C22H11Cl3N2S. The van der Waals surface area contributed by atoms with E-state index in [1.807, 2.05) is 53.9 Å². The predicted octanol–water partition coefficient (Wildman–Crippen LogP) is 7.98. The quantitative estimate of drug-likeness (QED) is 0.323. The summed E-state index contributed by atoms with van der Waals surface area (Å²) in [6.45, 7) is 0. The number of hydrogen-bond donors (Lipinski definition) is 0. The van der Waals surface area contributed by atoms with Gasteiger partial charge in [-0.3, -0.25) is 0 Å². The van der Waals surface area contributed by atoms with Crippen molar-refractivity contribution >= 4 is 46.1 Å². The minimum atomic E-state index is 0.446. The Hall–Kier alpha value is -2.35. The van der Waals surface area contributed by atoms with Crippen LogP contribution in [0.2, 0.25) is 15.1 Å². The molecule has 0 aliphatic carbocycles. The van der Waals surface area contributed by atoms with Gasteiger partial charge in [-0.15, -0.1) is 11.3 Å². The molecule has 0 amide bonds. The molecule has 4 aromatic rings. The van der Waals surface area contributed by atoms with Gasteiger partial charge < -0.3 is 0 Å². The minimum Gasteiger partial charge on any atom is -0.236 e. The van der Waals surface area contributed by atoms with Crippen LogP contribution in [-0.2, 0) is 0 Å². The first-order chi connectivity index (χ1) is 13.6. The monoisotopic (exact) mass is 440 g/mol. The number of benzene rings is 3. The lowest BCUT2D eigenvalue weighted by atomic mass is 9.99. The van der Waals surface area contributed by atoms with Crippen molar-refractivity contribution in [3.8, 4) is 39.0 Å². The van der Waals surface area contributed by atoms with E-state index in [4.69, 9.17) is 39.8 Å². The van der Waals surface area contributed by atoms with E-state index in [2.05, 4.69) is 6.07 Å². The fourth-order valence-corrected chi connectivity index (χ4v) is 4.23. The third-order valence-corrected chi connectivity index (χ3v) is 6.21. The highest BCUT2D eigenvalue weighted by Gasteiger charge is 2.12. The van der Waals surface area contributed by atoms with Gasteiger partial charge >= 0.3 is 0 Å². The number of aromatic nitrogens is 1. The molecule has 1 heterocycles. The number of nitriles is 1. The summed E-state index contributed by atoms with van der Waals surface area (Å²) in [6, 6.07) is 21.0. The number of hydrogen-bond acceptors (Lipinski definition) is 3. The molecule has 0 aliphatic rings. The van der Waals surface area contributed by atoms with E-state index in [1.165, 1.54) is 0 Å². The zero-order chi connectivity index (χ0) is 19.7. The van der Waals surface area contributed by atoms with Gasteiger partial charge in [0.15, 0.2) is 0 Å². The molecule has 0 aliphatic heterocycles. The van der Waals surface area contributed by atoms with Crippen LogP contribution in [0, 0.1) is 11.3 Å². The highest BCUT2D eigenvalue weighted by atomic mass is 35.5. The molecule has 1 aromatic heterocycles. The molecule has 136 valence electrons. The number of rotatable bonds is 3. The highest BCUT2D eigenvalue weighted by Crippen LogP contribution is 2.35. The summed E-state index contributed by atoms with van der Waals surface area (Å²) in [6.07, 6.45) is 0. The molecule has 0 bridgehead atoms. The Kier molecular flexibility index (Phi) is 5.39. The molecule has 0 unspecified atom stereocenters. The SMILES string of the molecule is N#Cc1c(Cl)cccc1-c1cccc(-c2nc(-c3ccc(Cl)c(Cl)c3)cs2)c1. The maximum Gasteiger partial charge on any atom is 0.124 e. The first-order valence-corrected chi connectivity index (χ1v) is 10.3. The van der Waals surface area contributed by atoms with Gasteiger partial charge in [0.2, 0.25) is 0 Å². The van der Waals surface area contributed by atoms with Crippen molar-refractivity contribution in [2.24, 2.45) is 0 Å². The van der Waals surface area contributed by atoms with E-state index >= 15 is 0 Å². The molecule has 0 atom stereocenters. The third kappa shape index (κ3) is 3.65. The summed E-state index contributed by atoms with van der Waals surface area (Å²) in [5.41, 5.74) is 4.91. The average Bonchev–Trinajstić information content (AvgIpc) is 3.20. The van der Waals surface area contributed by atoms with Crippen LogP contribution >= 0.6 is 46.1 Å². The molecule has 0 N–H and O–H groups in total. The molecule has 0 spiro atoms. The normalized spacial score (nSPS) is 10.6. The fourth-order valence-electron chi connectivity index (χ4n) is 2.89. The summed E-state index contributed by atoms with van der Waals surface area (Å²) < 4.78 is 0. The molecule has 2 nitrogen and oxygen atoms in total. The molecule has 0 saturated heterocycles. The Labute approximate surface area is 181 Å². The minimum absolute atomic E-state index is 0.446. The van der Waals surface area contributed by atoms with Crippen LogP contribution in [0.15, 0.2) is 66.0 Å². The molecule has 3 aromatic carbocycles. The van der Waals surface area contributed by atoms with E-state index < -0.39 is 0 Å². The lowest BCUT2D eigenvalue weighted by molar-refractivity contribution is 1.40. The van der Waals surface area contributed by atoms with Crippen LogP contribution in [0.25, 0.3) is 33.0 Å². The van der Waals surface area contributed by atoms with Crippen molar-refractivity contribution in [2.45, 2.75) is 0 Å². The van der Waals surface area contributed by atoms with E-state index in [1.54, 1.807) is 23.5 Å². The Morgan fingerprint density at radius 3 is 2.36 bits per heavy atom. The Morgan fingerprint density at radius 1 is 0.786 bits per heavy atom. The van der Waals surface area contributed by atoms with Crippen molar-refractivity contribution in [1.29, 1.82) is 5.26 Å². The second kappa shape index (κ2) is 7.95. The van der Waals surface area contributed by atoms with E-state index in [0.717, 1.165) is 33.0 Å². The van der Waals surface area contributed by atoms with Gasteiger partial charge in [-0.05, 0) is 29.8 Å². The van der Waals surface area contributed by atoms with Crippen molar-refractivity contribution in [3.05, 3.63) is 86.7 Å². The maximum atomic E-state index is 9.45. The number of nitrogens with zero attached hydrogens (tertiary/aromatic N) is 2. The summed E-state index contributed by atoms with van der Waals surface area (Å²) in [5, 5.41) is 13.8. The van der Waals surface area contributed by atoms with Crippen LogP contribution in [0.3, 0.4) is 0 Å². The Bertz CT molecular complexity index is 1220. The van der Waals surface area contributed by atoms with Crippen LogP contribution in [-0.4, -0.2) is 4.98 Å². The maximum absolute atomic E-state index is 9.45. The zero-order valence-corrected chi connectivity index (χ0v) is 17.4.